The molecule has 0 aliphatic heterocycles. The van der Waals surface area contributed by atoms with Crippen LogP contribution in [0.1, 0.15) is 32.2 Å². The lowest BCUT2D eigenvalue weighted by Gasteiger charge is -2.10. The van der Waals surface area contributed by atoms with Crippen LogP contribution >= 0.6 is 15.9 Å². The van der Waals surface area contributed by atoms with Crippen LogP contribution in [-0.4, -0.2) is 16.8 Å². The standard InChI is InChI=1S/C18H13BrN2O3/c1-11-9-16(24-21-11)18(23)20-15-8-7-13(19)10-14(15)17(22)12-5-3-2-4-6-12/h2-10H,1H3,(H,20,23). The fourth-order valence-corrected chi connectivity index (χ4v) is 2.57. The average Bonchev–Trinajstić information content (AvgIpc) is 3.03. The molecular formula is C18H13BrN2O3. The van der Waals surface area contributed by atoms with Crippen molar-refractivity contribution in [2.75, 3.05) is 5.32 Å². The second-order valence-electron chi connectivity index (χ2n) is 5.17. The Kier molecular flexibility index (Phi) is 4.57. The minimum absolute atomic E-state index is 0.0912. The number of aryl methyl sites for hydroxylation is 1. The molecule has 6 heteroatoms. The Morgan fingerprint density at radius 3 is 2.50 bits per heavy atom. The van der Waals surface area contributed by atoms with Crippen molar-refractivity contribution < 1.29 is 14.1 Å². The Hall–Kier alpha value is -2.73. The number of nitrogens with one attached hydrogen (secondary N) is 1. The minimum Gasteiger partial charge on any atom is -0.351 e. The molecular weight excluding hydrogens is 372 g/mol. The van der Waals surface area contributed by atoms with E-state index in [4.69, 9.17) is 4.52 Å². The first-order chi connectivity index (χ1) is 11.5. The van der Waals surface area contributed by atoms with Gasteiger partial charge in [0.1, 0.15) is 0 Å². The predicted molar refractivity (Wildman–Crippen MR) is 93.2 cm³/mol. The zero-order valence-electron chi connectivity index (χ0n) is 12.7. The molecule has 0 saturated heterocycles. The van der Waals surface area contributed by atoms with Gasteiger partial charge in [0.05, 0.1) is 11.4 Å². The number of carbonyl (C=O) groups is 2. The molecule has 0 bridgehead atoms. The Bertz CT molecular complexity index is 904. The zero-order chi connectivity index (χ0) is 17.1. The molecule has 5 nitrogen and oxygen atoms in total. The van der Waals surface area contributed by atoms with Gasteiger partial charge in [0.15, 0.2) is 5.78 Å². The SMILES string of the molecule is Cc1cc(C(=O)Nc2ccc(Br)cc2C(=O)c2ccccc2)on1. The summed E-state index contributed by atoms with van der Waals surface area (Å²) in [6.45, 7) is 1.73. The van der Waals surface area contributed by atoms with Crippen LogP contribution in [0.15, 0.2) is 63.6 Å². The highest BCUT2D eigenvalue weighted by Gasteiger charge is 2.18. The van der Waals surface area contributed by atoms with E-state index in [0.717, 1.165) is 4.47 Å². The van der Waals surface area contributed by atoms with Crippen LogP contribution < -0.4 is 5.32 Å². The number of halogens is 1. The van der Waals surface area contributed by atoms with Crippen molar-refractivity contribution in [1.82, 2.24) is 5.16 Å². The maximum Gasteiger partial charge on any atom is 0.294 e. The monoisotopic (exact) mass is 384 g/mol. The van der Waals surface area contributed by atoms with Crippen LogP contribution in [0.25, 0.3) is 0 Å². The highest BCUT2D eigenvalue weighted by molar-refractivity contribution is 9.10. The van der Waals surface area contributed by atoms with Crippen LogP contribution in [-0.2, 0) is 0 Å². The summed E-state index contributed by atoms with van der Waals surface area (Å²) in [6, 6.07) is 15.5. The third-order valence-electron chi connectivity index (χ3n) is 3.36. The number of amides is 1. The number of anilines is 1. The van der Waals surface area contributed by atoms with Crippen molar-refractivity contribution in [2.45, 2.75) is 6.92 Å². The van der Waals surface area contributed by atoms with Crippen LogP contribution in [0.5, 0.6) is 0 Å². The van der Waals surface area contributed by atoms with Crippen molar-refractivity contribution in [3.8, 4) is 0 Å². The molecule has 3 rings (SSSR count). The summed E-state index contributed by atoms with van der Waals surface area (Å²) in [4.78, 5) is 25.0. The van der Waals surface area contributed by atoms with Crippen molar-refractivity contribution in [3.05, 3.63) is 81.7 Å². The van der Waals surface area contributed by atoms with Gasteiger partial charge in [-0.15, -0.1) is 0 Å². The lowest BCUT2D eigenvalue weighted by Crippen LogP contribution is -2.14. The molecule has 0 atom stereocenters. The Balaban J connectivity index is 1.94. The maximum absolute atomic E-state index is 12.7. The first-order valence-electron chi connectivity index (χ1n) is 7.18. The number of aromatic nitrogens is 1. The molecule has 0 spiro atoms. The minimum atomic E-state index is -0.458. The summed E-state index contributed by atoms with van der Waals surface area (Å²) in [5.74, 6) is -0.547. The summed E-state index contributed by atoms with van der Waals surface area (Å²) in [6.07, 6.45) is 0. The summed E-state index contributed by atoms with van der Waals surface area (Å²) < 4.78 is 5.70. The van der Waals surface area contributed by atoms with Crippen LogP contribution in [0.4, 0.5) is 5.69 Å². The molecule has 120 valence electrons. The second kappa shape index (κ2) is 6.80. The van der Waals surface area contributed by atoms with Crippen LogP contribution in [0, 0.1) is 6.92 Å². The molecule has 0 saturated carbocycles. The normalized spacial score (nSPS) is 10.4. The van der Waals surface area contributed by atoms with E-state index in [1.54, 1.807) is 49.4 Å². The van der Waals surface area contributed by atoms with E-state index in [1.807, 2.05) is 6.07 Å². The molecule has 24 heavy (non-hydrogen) atoms. The summed E-state index contributed by atoms with van der Waals surface area (Å²) in [5.41, 5.74) is 1.95. The van der Waals surface area contributed by atoms with Crippen molar-refractivity contribution >= 4 is 33.3 Å². The zero-order valence-corrected chi connectivity index (χ0v) is 14.3. The number of ketones is 1. The molecule has 2 aromatic carbocycles. The van der Waals surface area contributed by atoms with Crippen molar-refractivity contribution in [1.29, 1.82) is 0 Å². The van der Waals surface area contributed by atoms with E-state index in [2.05, 4.69) is 26.4 Å². The predicted octanol–water partition coefficient (Wildman–Crippen LogP) is 4.23. The van der Waals surface area contributed by atoms with Gasteiger partial charge in [-0.3, -0.25) is 9.59 Å². The third-order valence-corrected chi connectivity index (χ3v) is 3.86. The van der Waals surface area contributed by atoms with Crippen LogP contribution in [0.2, 0.25) is 0 Å². The smallest absolute Gasteiger partial charge is 0.294 e. The number of hydrogen-bond donors (Lipinski definition) is 1. The molecule has 1 heterocycles. The second-order valence-corrected chi connectivity index (χ2v) is 6.09. The van der Waals surface area contributed by atoms with Gasteiger partial charge in [0, 0.05) is 21.7 Å². The fraction of sp³-hybridized carbons (Fsp3) is 0.0556. The summed E-state index contributed by atoms with van der Waals surface area (Å²) in [5, 5.41) is 6.39. The molecule has 0 aliphatic rings. The number of rotatable bonds is 4. The van der Waals surface area contributed by atoms with E-state index < -0.39 is 5.91 Å². The lowest BCUT2D eigenvalue weighted by molar-refractivity contribution is 0.0988. The highest BCUT2D eigenvalue weighted by atomic mass is 79.9. The summed E-state index contributed by atoms with van der Waals surface area (Å²) in [7, 11) is 0. The van der Waals surface area contributed by atoms with Crippen molar-refractivity contribution in [2.24, 2.45) is 0 Å². The van der Waals surface area contributed by atoms with E-state index in [1.165, 1.54) is 6.07 Å². The molecule has 0 radical (unpaired) electrons. The molecule has 0 fully saturated rings. The van der Waals surface area contributed by atoms with Crippen molar-refractivity contribution in [3.63, 3.8) is 0 Å². The van der Waals surface area contributed by atoms with E-state index in [0.29, 0.717) is 22.5 Å². The van der Waals surface area contributed by atoms with Gasteiger partial charge in [0.25, 0.3) is 5.91 Å². The first kappa shape index (κ1) is 16.1. The van der Waals surface area contributed by atoms with E-state index >= 15 is 0 Å². The molecule has 3 aromatic rings. The highest BCUT2D eigenvalue weighted by Crippen LogP contribution is 2.24. The number of nitrogens with zero attached hydrogens (tertiary/aromatic N) is 1. The van der Waals surface area contributed by atoms with E-state index in [-0.39, 0.29) is 11.5 Å². The molecule has 1 amide bonds. The molecule has 0 aliphatic carbocycles. The lowest BCUT2D eigenvalue weighted by atomic mass is 10.0. The van der Waals surface area contributed by atoms with Gasteiger partial charge in [-0.1, -0.05) is 51.4 Å². The number of carbonyl (C=O) groups excluding carboxylic acids is 2. The van der Waals surface area contributed by atoms with Crippen LogP contribution in [0.3, 0.4) is 0 Å². The van der Waals surface area contributed by atoms with Gasteiger partial charge in [-0.2, -0.15) is 0 Å². The number of benzene rings is 2. The molecule has 0 unspecified atom stereocenters. The quantitative estimate of drug-likeness (QED) is 0.683. The van der Waals surface area contributed by atoms with Gasteiger partial charge in [-0.05, 0) is 25.1 Å². The van der Waals surface area contributed by atoms with E-state index in [9.17, 15) is 9.59 Å². The first-order valence-corrected chi connectivity index (χ1v) is 7.98. The molecule has 1 aromatic heterocycles. The topological polar surface area (TPSA) is 72.2 Å². The van der Waals surface area contributed by atoms with Gasteiger partial charge >= 0.3 is 0 Å². The average molecular weight is 385 g/mol. The Morgan fingerprint density at radius 1 is 1.08 bits per heavy atom. The number of hydrogen-bond acceptors (Lipinski definition) is 4. The Labute approximate surface area is 146 Å². The van der Waals surface area contributed by atoms with Gasteiger partial charge in [-0.25, -0.2) is 0 Å². The maximum atomic E-state index is 12.7. The summed E-state index contributed by atoms with van der Waals surface area (Å²) >= 11 is 3.36. The fourth-order valence-electron chi connectivity index (χ4n) is 2.21. The van der Waals surface area contributed by atoms with Gasteiger partial charge in [0.2, 0.25) is 5.76 Å². The Morgan fingerprint density at radius 2 is 1.83 bits per heavy atom. The third kappa shape index (κ3) is 3.44. The van der Waals surface area contributed by atoms with Gasteiger partial charge < -0.3 is 9.84 Å². The molecule has 1 N–H and O–H groups in total. The largest absolute Gasteiger partial charge is 0.351 e.